The van der Waals surface area contributed by atoms with Crippen LogP contribution in [0, 0.1) is 0 Å². The highest BCUT2D eigenvalue weighted by atomic mass is 16.5. The van der Waals surface area contributed by atoms with E-state index in [0.717, 1.165) is 40.6 Å². The molecule has 1 aliphatic heterocycles. The maximum atomic E-state index is 13.7. The number of benzene rings is 4. The summed E-state index contributed by atoms with van der Waals surface area (Å²) < 4.78 is 6.41. The number of ether oxygens (including phenoxy) is 1. The van der Waals surface area contributed by atoms with Gasteiger partial charge in [-0.15, -0.1) is 0 Å². The van der Waals surface area contributed by atoms with Crippen molar-refractivity contribution < 1.29 is 9.53 Å². The van der Waals surface area contributed by atoms with Crippen LogP contribution in [-0.2, 0) is 6.42 Å². The first-order valence-corrected chi connectivity index (χ1v) is 12.0. The molecule has 172 valence electrons. The quantitative estimate of drug-likeness (QED) is 0.336. The lowest BCUT2D eigenvalue weighted by atomic mass is 9.96. The summed E-state index contributed by atoms with van der Waals surface area (Å²) in [6, 6.07) is 30.7. The summed E-state index contributed by atoms with van der Waals surface area (Å²) in [7, 11) is 0. The fraction of sp³-hybridized carbons (Fsp3) is 0.233. The molecule has 0 bridgehead atoms. The number of nitrogens with zero attached hydrogens (tertiary/aromatic N) is 1. The zero-order valence-electron chi connectivity index (χ0n) is 19.7. The number of rotatable bonds is 7. The fourth-order valence-corrected chi connectivity index (χ4v) is 4.74. The van der Waals surface area contributed by atoms with Crippen molar-refractivity contribution in [2.75, 3.05) is 11.9 Å². The van der Waals surface area contributed by atoms with E-state index >= 15 is 0 Å². The standard InChI is InChI=1S/C30H30N2O2/c1-3-21(2)32-29(31-26-16-10-9-15-25(26)30(32)33)28-24-14-8-7-13-23(24)17-18-27(28)34-20-19-22-11-5-4-6-12-22/h4-18,21,29,31H,3,19-20H2,1-2H3. The third kappa shape index (κ3) is 4.12. The van der Waals surface area contributed by atoms with Crippen molar-refractivity contribution >= 4 is 22.4 Å². The predicted octanol–water partition coefficient (Wildman–Crippen LogP) is 6.83. The molecule has 0 fully saturated rings. The van der Waals surface area contributed by atoms with Gasteiger partial charge in [0, 0.05) is 23.7 Å². The van der Waals surface area contributed by atoms with E-state index in [-0.39, 0.29) is 18.1 Å². The van der Waals surface area contributed by atoms with Crippen molar-refractivity contribution in [3.8, 4) is 5.75 Å². The molecular weight excluding hydrogens is 420 g/mol. The van der Waals surface area contributed by atoms with Gasteiger partial charge in [0.2, 0.25) is 0 Å². The summed E-state index contributed by atoms with van der Waals surface area (Å²) in [6.07, 6.45) is 1.36. The Balaban J connectivity index is 1.59. The molecule has 2 unspecified atom stereocenters. The highest BCUT2D eigenvalue weighted by Crippen LogP contribution is 2.41. The molecule has 4 aromatic carbocycles. The van der Waals surface area contributed by atoms with Gasteiger partial charge in [-0.1, -0.05) is 79.7 Å². The van der Waals surface area contributed by atoms with Gasteiger partial charge < -0.3 is 15.0 Å². The van der Waals surface area contributed by atoms with Gasteiger partial charge in [-0.2, -0.15) is 0 Å². The minimum Gasteiger partial charge on any atom is -0.493 e. The molecule has 0 saturated carbocycles. The molecule has 0 radical (unpaired) electrons. The third-order valence-electron chi connectivity index (χ3n) is 6.72. The Bertz CT molecular complexity index is 1300. The molecule has 5 rings (SSSR count). The predicted molar refractivity (Wildman–Crippen MR) is 138 cm³/mol. The Morgan fingerprint density at radius 3 is 2.47 bits per heavy atom. The van der Waals surface area contributed by atoms with Gasteiger partial charge in [0.15, 0.2) is 0 Å². The number of para-hydroxylation sites is 1. The van der Waals surface area contributed by atoms with Gasteiger partial charge in [0.1, 0.15) is 11.9 Å². The van der Waals surface area contributed by atoms with E-state index in [9.17, 15) is 4.79 Å². The highest BCUT2D eigenvalue weighted by Gasteiger charge is 2.37. The van der Waals surface area contributed by atoms with Crippen LogP contribution in [0.2, 0.25) is 0 Å². The van der Waals surface area contributed by atoms with Gasteiger partial charge in [-0.3, -0.25) is 4.79 Å². The van der Waals surface area contributed by atoms with Gasteiger partial charge in [-0.25, -0.2) is 0 Å². The highest BCUT2D eigenvalue weighted by molar-refractivity contribution is 6.02. The molecule has 4 heteroatoms. The maximum Gasteiger partial charge on any atom is 0.258 e. The summed E-state index contributed by atoms with van der Waals surface area (Å²) in [5.74, 6) is 0.865. The SMILES string of the molecule is CCC(C)N1C(=O)c2ccccc2NC1c1c(OCCc2ccccc2)ccc2ccccc12. The Hall–Kier alpha value is -3.79. The molecule has 0 spiro atoms. The first-order valence-electron chi connectivity index (χ1n) is 12.0. The molecule has 4 nitrogen and oxygen atoms in total. The third-order valence-corrected chi connectivity index (χ3v) is 6.72. The monoisotopic (exact) mass is 450 g/mol. The van der Waals surface area contributed by atoms with E-state index in [4.69, 9.17) is 4.74 Å². The molecule has 1 N–H and O–H groups in total. The minimum atomic E-state index is -0.324. The molecule has 0 aliphatic carbocycles. The van der Waals surface area contributed by atoms with E-state index in [1.807, 2.05) is 53.4 Å². The van der Waals surface area contributed by atoms with E-state index in [2.05, 4.69) is 61.6 Å². The Kier molecular flexibility index (Phi) is 6.22. The van der Waals surface area contributed by atoms with Crippen LogP contribution < -0.4 is 10.1 Å². The number of fused-ring (bicyclic) bond motifs is 2. The van der Waals surface area contributed by atoms with E-state index in [1.165, 1.54) is 5.56 Å². The molecule has 1 aliphatic rings. The number of hydrogen-bond donors (Lipinski definition) is 1. The van der Waals surface area contributed by atoms with Gasteiger partial charge in [0.25, 0.3) is 5.91 Å². The number of carbonyl (C=O) groups is 1. The lowest BCUT2D eigenvalue weighted by molar-refractivity contribution is 0.0592. The number of amides is 1. The Labute approximate surface area is 201 Å². The summed E-state index contributed by atoms with van der Waals surface area (Å²) in [6.45, 7) is 4.80. The zero-order chi connectivity index (χ0) is 23.5. The van der Waals surface area contributed by atoms with Crippen LogP contribution in [0.1, 0.15) is 47.9 Å². The molecule has 1 amide bonds. The lowest BCUT2D eigenvalue weighted by Gasteiger charge is -2.42. The van der Waals surface area contributed by atoms with Crippen LogP contribution in [0.25, 0.3) is 10.8 Å². The summed E-state index contributed by atoms with van der Waals surface area (Å²) >= 11 is 0. The van der Waals surface area contributed by atoms with Crippen LogP contribution in [0.3, 0.4) is 0 Å². The maximum absolute atomic E-state index is 13.7. The molecule has 34 heavy (non-hydrogen) atoms. The topological polar surface area (TPSA) is 41.6 Å². The van der Waals surface area contributed by atoms with Crippen LogP contribution in [-0.4, -0.2) is 23.5 Å². The number of hydrogen-bond acceptors (Lipinski definition) is 3. The molecule has 1 heterocycles. The van der Waals surface area contributed by atoms with E-state index < -0.39 is 0 Å². The average molecular weight is 451 g/mol. The average Bonchev–Trinajstić information content (AvgIpc) is 2.88. The van der Waals surface area contributed by atoms with Crippen LogP contribution in [0.15, 0.2) is 91.0 Å². The van der Waals surface area contributed by atoms with E-state index in [0.29, 0.717) is 12.2 Å². The summed E-state index contributed by atoms with van der Waals surface area (Å²) in [5.41, 5.74) is 3.83. The summed E-state index contributed by atoms with van der Waals surface area (Å²) in [4.78, 5) is 15.7. The molecule has 0 saturated heterocycles. The Morgan fingerprint density at radius 1 is 0.912 bits per heavy atom. The second kappa shape index (κ2) is 9.60. The molecular formula is C30H30N2O2. The first-order chi connectivity index (χ1) is 16.7. The molecule has 4 aromatic rings. The van der Waals surface area contributed by atoms with Gasteiger partial charge in [-0.05, 0) is 47.9 Å². The molecule has 2 atom stereocenters. The van der Waals surface area contributed by atoms with Crippen molar-refractivity contribution in [3.05, 3.63) is 108 Å². The fourth-order valence-electron chi connectivity index (χ4n) is 4.74. The van der Waals surface area contributed by atoms with Gasteiger partial charge in [0.05, 0.1) is 12.2 Å². The van der Waals surface area contributed by atoms with Crippen molar-refractivity contribution in [2.24, 2.45) is 0 Å². The van der Waals surface area contributed by atoms with Crippen LogP contribution >= 0.6 is 0 Å². The minimum absolute atomic E-state index is 0.0527. The second-order valence-corrected chi connectivity index (χ2v) is 8.84. The largest absolute Gasteiger partial charge is 0.493 e. The lowest BCUT2D eigenvalue weighted by Crippen LogP contribution is -2.47. The molecule has 0 aromatic heterocycles. The normalized spacial score (nSPS) is 16.1. The number of nitrogens with one attached hydrogen (secondary N) is 1. The van der Waals surface area contributed by atoms with Crippen molar-refractivity contribution in [3.63, 3.8) is 0 Å². The smallest absolute Gasteiger partial charge is 0.258 e. The van der Waals surface area contributed by atoms with E-state index in [1.54, 1.807) is 0 Å². The first kappa shape index (κ1) is 22.0. The van der Waals surface area contributed by atoms with Crippen molar-refractivity contribution in [1.29, 1.82) is 0 Å². The van der Waals surface area contributed by atoms with Crippen LogP contribution in [0.4, 0.5) is 5.69 Å². The number of carbonyl (C=O) groups excluding carboxylic acids is 1. The van der Waals surface area contributed by atoms with Crippen molar-refractivity contribution in [1.82, 2.24) is 4.90 Å². The summed E-state index contributed by atoms with van der Waals surface area (Å²) in [5, 5.41) is 5.90. The zero-order valence-corrected chi connectivity index (χ0v) is 19.7. The second-order valence-electron chi connectivity index (χ2n) is 8.84. The van der Waals surface area contributed by atoms with Crippen molar-refractivity contribution in [2.45, 2.75) is 38.9 Å². The number of anilines is 1. The van der Waals surface area contributed by atoms with Gasteiger partial charge >= 0.3 is 0 Å². The Morgan fingerprint density at radius 2 is 1.65 bits per heavy atom. The van der Waals surface area contributed by atoms with Crippen LogP contribution in [0.5, 0.6) is 5.75 Å².